The Morgan fingerprint density at radius 2 is 2.19 bits per heavy atom. The van der Waals surface area contributed by atoms with Gasteiger partial charge in [0.1, 0.15) is 5.75 Å². The van der Waals surface area contributed by atoms with E-state index in [-0.39, 0.29) is 0 Å². The number of carboxylic acid groups (broad SMARTS) is 1. The maximum atomic E-state index is 10.8. The zero-order chi connectivity index (χ0) is 12.1. The van der Waals surface area contributed by atoms with Gasteiger partial charge in [-0.15, -0.1) is 0 Å². The predicted molar refractivity (Wildman–Crippen MR) is 62.8 cm³/mol. The molecule has 0 aliphatic rings. The van der Waals surface area contributed by atoms with Gasteiger partial charge in [-0.25, -0.2) is 4.79 Å². The second-order valence-corrected chi connectivity index (χ2v) is 4.08. The molecule has 1 N–H and O–H groups in total. The minimum Gasteiger partial charge on any atom is -0.497 e. The van der Waals surface area contributed by atoms with E-state index < -0.39 is 12.1 Å². The number of hydrogen-bond donors (Lipinski definition) is 1. The summed E-state index contributed by atoms with van der Waals surface area (Å²) in [5.41, 5.74) is 0.841. The van der Waals surface area contributed by atoms with E-state index in [0.717, 1.165) is 10.0 Å². The van der Waals surface area contributed by atoms with Gasteiger partial charge in [-0.2, -0.15) is 0 Å². The molecule has 0 amide bonds. The van der Waals surface area contributed by atoms with Crippen molar-refractivity contribution in [2.45, 2.75) is 12.5 Å². The minimum atomic E-state index is -0.975. The van der Waals surface area contributed by atoms with Crippen LogP contribution in [0.5, 0.6) is 5.75 Å². The third kappa shape index (κ3) is 3.21. The molecule has 0 fully saturated rings. The molecular formula is C11H13BrO4. The van der Waals surface area contributed by atoms with Crippen molar-refractivity contribution in [3.63, 3.8) is 0 Å². The van der Waals surface area contributed by atoms with Gasteiger partial charge < -0.3 is 14.6 Å². The molecule has 5 heteroatoms. The molecule has 0 heterocycles. The molecule has 1 aromatic carbocycles. The molecule has 1 aromatic rings. The standard InChI is InChI=1S/C11H13BrO4/c1-15-8-3-4-9(12)7(5-8)6-10(16-2)11(13)14/h3-5,10H,6H2,1-2H3,(H,13,14). The number of aliphatic carboxylic acids is 1. The average molecular weight is 289 g/mol. The number of carbonyl (C=O) groups is 1. The highest BCUT2D eigenvalue weighted by molar-refractivity contribution is 9.10. The van der Waals surface area contributed by atoms with Gasteiger partial charge >= 0.3 is 5.97 Å². The molecule has 0 aliphatic heterocycles. The van der Waals surface area contributed by atoms with Crippen molar-refractivity contribution in [1.82, 2.24) is 0 Å². The highest BCUT2D eigenvalue weighted by Crippen LogP contribution is 2.24. The van der Waals surface area contributed by atoms with Crippen LogP contribution in [0.4, 0.5) is 0 Å². The van der Waals surface area contributed by atoms with E-state index in [1.165, 1.54) is 7.11 Å². The van der Waals surface area contributed by atoms with Crippen LogP contribution in [0.15, 0.2) is 22.7 Å². The Bertz CT molecular complexity index is 378. The van der Waals surface area contributed by atoms with Gasteiger partial charge in [0.05, 0.1) is 7.11 Å². The van der Waals surface area contributed by atoms with Gasteiger partial charge in [0.2, 0.25) is 0 Å². The molecule has 0 bridgehead atoms. The average Bonchev–Trinajstić information content (AvgIpc) is 2.27. The van der Waals surface area contributed by atoms with E-state index >= 15 is 0 Å². The first-order chi connectivity index (χ1) is 7.58. The summed E-state index contributed by atoms with van der Waals surface area (Å²) < 4.78 is 10.8. The second kappa shape index (κ2) is 5.86. The largest absolute Gasteiger partial charge is 0.497 e. The lowest BCUT2D eigenvalue weighted by atomic mass is 10.1. The van der Waals surface area contributed by atoms with Crippen molar-refractivity contribution in [3.05, 3.63) is 28.2 Å². The number of halogens is 1. The molecule has 1 unspecified atom stereocenters. The summed E-state index contributed by atoms with van der Waals surface area (Å²) in [6.07, 6.45) is -0.549. The van der Waals surface area contributed by atoms with Gasteiger partial charge in [0, 0.05) is 18.0 Å². The first-order valence-corrected chi connectivity index (χ1v) is 5.45. The van der Waals surface area contributed by atoms with E-state index in [0.29, 0.717) is 12.2 Å². The Morgan fingerprint density at radius 1 is 1.50 bits per heavy atom. The van der Waals surface area contributed by atoms with Crippen LogP contribution in [-0.4, -0.2) is 31.4 Å². The van der Waals surface area contributed by atoms with Gasteiger partial charge in [0.15, 0.2) is 6.10 Å². The van der Waals surface area contributed by atoms with Crippen LogP contribution < -0.4 is 4.74 Å². The zero-order valence-corrected chi connectivity index (χ0v) is 10.7. The van der Waals surface area contributed by atoms with E-state index in [9.17, 15) is 4.79 Å². The fourth-order valence-corrected chi connectivity index (χ4v) is 1.71. The number of rotatable bonds is 5. The van der Waals surface area contributed by atoms with Gasteiger partial charge in [-0.05, 0) is 23.8 Å². The predicted octanol–water partition coefficient (Wildman–Crippen LogP) is 2.10. The van der Waals surface area contributed by atoms with Crippen molar-refractivity contribution < 1.29 is 19.4 Å². The van der Waals surface area contributed by atoms with Crippen LogP contribution in [-0.2, 0) is 16.0 Å². The molecule has 0 aliphatic carbocycles. The molecule has 16 heavy (non-hydrogen) atoms. The van der Waals surface area contributed by atoms with Gasteiger partial charge in [-0.3, -0.25) is 0 Å². The lowest BCUT2D eigenvalue weighted by Crippen LogP contribution is -2.25. The SMILES string of the molecule is COc1ccc(Br)c(CC(OC)C(=O)O)c1. The number of benzene rings is 1. The Morgan fingerprint density at radius 3 is 2.69 bits per heavy atom. The minimum absolute atomic E-state index is 0.295. The van der Waals surface area contributed by atoms with E-state index in [2.05, 4.69) is 15.9 Å². The number of ether oxygens (including phenoxy) is 2. The summed E-state index contributed by atoms with van der Waals surface area (Å²) in [6.45, 7) is 0. The third-order valence-corrected chi connectivity index (χ3v) is 2.99. The summed E-state index contributed by atoms with van der Waals surface area (Å²) in [5.74, 6) is -0.282. The summed E-state index contributed by atoms with van der Waals surface area (Å²) >= 11 is 3.36. The van der Waals surface area contributed by atoms with Crippen LogP contribution >= 0.6 is 15.9 Å². The van der Waals surface area contributed by atoms with Crippen LogP contribution in [0.25, 0.3) is 0 Å². The third-order valence-electron chi connectivity index (χ3n) is 2.22. The smallest absolute Gasteiger partial charge is 0.333 e. The van der Waals surface area contributed by atoms with Crippen molar-refractivity contribution in [2.75, 3.05) is 14.2 Å². The van der Waals surface area contributed by atoms with E-state index in [1.54, 1.807) is 19.2 Å². The first-order valence-electron chi connectivity index (χ1n) is 4.66. The lowest BCUT2D eigenvalue weighted by molar-refractivity contribution is -0.148. The van der Waals surface area contributed by atoms with Crippen molar-refractivity contribution in [3.8, 4) is 5.75 Å². The number of methoxy groups -OCH3 is 2. The summed E-state index contributed by atoms with van der Waals surface area (Å²) in [7, 11) is 2.95. The summed E-state index contributed by atoms with van der Waals surface area (Å²) in [5, 5.41) is 8.88. The Hall–Kier alpha value is -1.07. The van der Waals surface area contributed by atoms with E-state index in [4.69, 9.17) is 14.6 Å². The maximum absolute atomic E-state index is 10.8. The molecule has 0 spiro atoms. The van der Waals surface area contributed by atoms with Crippen LogP contribution in [0.1, 0.15) is 5.56 Å². The fraction of sp³-hybridized carbons (Fsp3) is 0.364. The lowest BCUT2D eigenvalue weighted by Gasteiger charge is -2.12. The normalized spacial score (nSPS) is 12.2. The molecule has 0 saturated heterocycles. The number of carboxylic acids is 1. The Labute approximate surface area is 102 Å². The molecule has 0 radical (unpaired) electrons. The molecule has 88 valence electrons. The zero-order valence-electron chi connectivity index (χ0n) is 9.07. The quantitative estimate of drug-likeness (QED) is 0.902. The highest BCUT2D eigenvalue weighted by atomic mass is 79.9. The van der Waals surface area contributed by atoms with Crippen molar-refractivity contribution >= 4 is 21.9 Å². The van der Waals surface area contributed by atoms with Crippen molar-refractivity contribution in [1.29, 1.82) is 0 Å². The fourth-order valence-electron chi connectivity index (χ4n) is 1.31. The molecule has 1 rings (SSSR count). The van der Waals surface area contributed by atoms with Crippen LogP contribution in [0.3, 0.4) is 0 Å². The molecule has 0 saturated carbocycles. The second-order valence-electron chi connectivity index (χ2n) is 3.22. The maximum Gasteiger partial charge on any atom is 0.333 e. The topological polar surface area (TPSA) is 55.8 Å². The first kappa shape index (κ1) is 13.0. The van der Waals surface area contributed by atoms with Crippen molar-refractivity contribution in [2.24, 2.45) is 0 Å². The van der Waals surface area contributed by atoms with Crippen LogP contribution in [0, 0.1) is 0 Å². The number of hydrogen-bond acceptors (Lipinski definition) is 3. The monoisotopic (exact) mass is 288 g/mol. The highest BCUT2D eigenvalue weighted by Gasteiger charge is 2.18. The molecule has 1 atom stereocenters. The molecule has 0 aromatic heterocycles. The summed E-state index contributed by atoms with van der Waals surface area (Å²) in [6, 6.07) is 5.41. The van der Waals surface area contributed by atoms with Gasteiger partial charge in [0.25, 0.3) is 0 Å². The Kier molecular flexibility index (Phi) is 4.76. The van der Waals surface area contributed by atoms with Crippen LogP contribution in [0.2, 0.25) is 0 Å². The molecule has 4 nitrogen and oxygen atoms in total. The van der Waals surface area contributed by atoms with E-state index in [1.807, 2.05) is 6.07 Å². The van der Waals surface area contributed by atoms with Gasteiger partial charge in [-0.1, -0.05) is 15.9 Å². The summed E-state index contributed by atoms with van der Waals surface area (Å²) in [4.78, 5) is 10.8. The Balaban J connectivity index is 2.90. The molecular weight excluding hydrogens is 276 g/mol.